The third-order valence-corrected chi connectivity index (χ3v) is 3.78. The molecule has 0 aliphatic rings. The van der Waals surface area contributed by atoms with Gasteiger partial charge in [0.25, 0.3) is 5.91 Å². The van der Waals surface area contributed by atoms with Gasteiger partial charge in [0, 0.05) is 11.4 Å². The molecule has 0 radical (unpaired) electrons. The van der Waals surface area contributed by atoms with Gasteiger partial charge in [-0.15, -0.1) is 0 Å². The second-order valence-corrected chi connectivity index (χ2v) is 5.49. The Morgan fingerprint density at radius 2 is 1.95 bits per heavy atom. The smallest absolute Gasteiger partial charge is 0.274 e. The Balaban J connectivity index is 1.82. The number of thiophene rings is 1. The first-order valence-corrected chi connectivity index (χ1v) is 7.54. The summed E-state index contributed by atoms with van der Waals surface area (Å²) in [5.41, 5.74) is 4.27. The molecule has 0 fully saturated rings. The molecule has 3 nitrogen and oxygen atoms in total. The van der Waals surface area contributed by atoms with Crippen LogP contribution in [0.1, 0.15) is 16.2 Å². The summed E-state index contributed by atoms with van der Waals surface area (Å²) in [4.78, 5) is 16.4. The van der Waals surface area contributed by atoms with Gasteiger partial charge >= 0.3 is 0 Å². The average molecular weight is 294 g/mol. The summed E-state index contributed by atoms with van der Waals surface area (Å²) >= 11 is 1.66. The first-order valence-electron chi connectivity index (χ1n) is 6.60. The second-order valence-electron chi connectivity index (χ2n) is 4.71. The van der Waals surface area contributed by atoms with Crippen LogP contribution in [0.15, 0.2) is 59.3 Å². The Kier molecular flexibility index (Phi) is 3.79. The highest BCUT2D eigenvalue weighted by atomic mass is 32.1. The van der Waals surface area contributed by atoms with Crippen LogP contribution in [-0.2, 0) is 0 Å². The molecule has 0 bridgehead atoms. The topological polar surface area (TPSA) is 42.0 Å². The zero-order valence-corrected chi connectivity index (χ0v) is 12.4. The van der Waals surface area contributed by atoms with Gasteiger partial charge in [-0.1, -0.05) is 18.2 Å². The largest absolute Gasteiger partial charge is 0.321 e. The number of carbonyl (C=O) groups is 1. The maximum Gasteiger partial charge on any atom is 0.274 e. The molecule has 104 valence electrons. The molecule has 3 rings (SSSR count). The van der Waals surface area contributed by atoms with Crippen molar-refractivity contribution in [2.75, 3.05) is 5.32 Å². The number of nitrogens with zero attached hydrogens (tertiary/aromatic N) is 1. The molecule has 0 saturated heterocycles. The summed E-state index contributed by atoms with van der Waals surface area (Å²) in [6.07, 6.45) is 0. The van der Waals surface area contributed by atoms with Gasteiger partial charge in [0.15, 0.2) is 0 Å². The van der Waals surface area contributed by atoms with Crippen LogP contribution in [0.5, 0.6) is 0 Å². The minimum Gasteiger partial charge on any atom is -0.321 e. The lowest BCUT2D eigenvalue weighted by atomic mass is 10.1. The predicted molar refractivity (Wildman–Crippen MR) is 86.7 cm³/mol. The molecule has 1 amide bonds. The van der Waals surface area contributed by atoms with Crippen LogP contribution in [0, 0.1) is 6.92 Å². The van der Waals surface area contributed by atoms with Gasteiger partial charge < -0.3 is 5.32 Å². The summed E-state index contributed by atoms with van der Waals surface area (Å²) in [5.74, 6) is -0.193. The molecule has 0 aliphatic heterocycles. The number of hydrogen-bond donors (Lipinski definition) is 1. The highest BCUT2D eigenvalue weighted by molar-refractivity contribution is 7.08. The maximum atomic E-state index is 12.2. The van der Waals surface area contributed by atoms with E-state index in [0.717, 1.165) is 22.5 Å². The van der Waals surface area contributed by atoms with E-state index in [-0.39, 0.29) is 5.91 Å². The van der Waals surface area contributed by atoms with E-state index in [2.05, 4.69) is 21.7 Å². The number of nitrogens with one attached hydrogen (secondary N) is 1. The summed E-state index contributed by atoms with van der Waals surface area (Å²) in [5, 5.41) is 7.02. The van der Waals surface area contributed by atoms with Crippen LogP contribution in [0.2, 0.25) is 0 Å². The number of anilines is 1. The van der Waals surface area contributed by atoms with Gasteiger partial charge in [-0.3, -0.25) is 4.79 Å². The fourth-order valence-corrected chi connectivity index (χ4v) is 2.73. The summed E-state index contributed by atoms with van der Waals surface area (Å²) < 4.78 is 0. The number of carbonyl (C=O) groups excluding carboxylic acids is 1. The molecule has 0 spiro atoms. The SMILES string of the molecule is Cc1cccc(C(=O)Nc2cccc(-c3ccsc3)c2)n1. The van der Waals surface area contributed by atoms with E-state index in [9.17, 15) is 4.79 Å². The lowest BCUT2D eigenvalue weighted by Crippen LogP contribution is -2.13. The molecule has 2 heterocycles. The lowest BCUT2D eigenvalue weighted by molar-refractivity contribution is 0.102. The maximum absolute atomic E-state index is 12.2. The molecule has 3 aromatic rings. The molecule has 21 heavy (non-hydrogen) atoms. The van der Waals surface area contributed by atoms with Gasteiger partial charge in [0.1, 0.15) is 5.69 Å². The number of amides is 1. The molecular weight excluding hydrogens is 280 g/mol. The Hall–Kier alpha value is -2.46. The van der Waals surface area contributed by atoms with E-state index in [1.807, 2.05) is 48.7 Å². The van der Waals surface area contributed by atoms with Gasteiger partial charge in [0.05, 0.1) is 0 Å². The third-order valence-electron chi connectivity index (χ3n) is 3.10. The summed E-state index contributed by atoms with van der Waals surface area (Å²) in [6.45, 7) is 1.87. The van der Waals surface area contributed by atoms with E-state index in [1.165, 1.54) is 0 Å². The minimum absolute atomic E-state index is 0.193. The molecule has 0 atom stereocenters. The van der Waals surface area contributed by atoms with Crippen molar-refractivity contribution in [1.82, 2.24) is 4.98 Å². The van der Waals surface area contributed by atoms with E-state index >= 15 is 0 Å². The molecule has 4 heteroatoms. The van der Waals surface area contributed by atoms with E-state index in [0.29, 0.717) is 5.69 Å². The van der Waals surface area contributed by atoms with E-state index < -0.39 is 0 Å². The number of aromatic nitrogens is 1. The van der Waals surface area contributed by atoms with Crippen molar-refractivity contribution in [1.29, 1.82) is 0 Å². The van der Waals surface area contributed by atoms with Gasteiger partial charge in [-0.05, 0) is 59.1 Å². The van der Waals surface area contributed by atoms with Crippen molar-refractivity contribution in [2.24, 2.45) is 0 Å². The van der Waals surface area contributed by atoms with E-state index in [4.69, 9.17) is 0 Å². The third kappa shape index (κ3) is 3.17. The number of benzene rings is 1. The predicted octanol–water partition coefficient (Wildman–Crippen LogP) is 4.37. The highest BCUT2D eigenvalue weighted by Gasteiger charge is 2.08. The van der Waals surface area contributed by atoms with Crippen LogP contribution in [0.4, 0.5) is 5.69 Å². The standard InChI is InChI=1S/C17H14N2OS/c1-12-4-2-7-16(18-12)17(20)19-15-6-3-5-13(10-15)14-8-9-21-11-14/h2-11H,1H3,(H,19,20). The van der Waals surface area contributed by atoms with Gasteiger partial charge in [-0.25, -0.2) is 4.98 Å². The number of aryl methyl sites for hydroxylation is 1. The van der Waals surface area contributed by atoms with Crippen molar-refractivity contribution in [3.8, 4) is 11.1 Å². The van der Waals surface area contributed by atoms with Gasteiger partial charge in [0.2, 0.25) is 0 Å². The molecule has 0 saturated carbocycles. The van der Waals surface area contributed by atoms with Crippen LogP contribution in [0.3, 0.4) is 0 Å². The molecule has 0 unspecified atom stereocenters. The molecule has 1 N–H and O–H groups in total. The normalized spacial score (nSPS) is 10.3. The quantitative estimate of drug-likeness (QED) is 0.779. The molecular formula is C17H14N2OS. The molecule has 2 aromatic heterocycles. The Bertz CT molecular complexity index is 766. The van der Waals surface area contributed by atoms with Crippen molar-refractivity contribution in [3.05, 3.63) is 70.7 Å². The zero-order valence-electron chi connectivity index (χ0n) is 11.5. The highest BCUT2D eigenvalue weighted by Crippen LogP contribution is 2.24. The second kappa shape index (κ2) is 5.89. The monoisotopic (exact) mass is 294 g/mol. The van der Waals surface area contributed by atoms with Crippen LogP contribution in [0.25, 0.3) is 11.1 Å². The zero-order chi connectivity index (χ0) is 14.7. The van der Waals surface area contributed by atoms with Crippen molar-refractivity contribution >= 4 is 22.9 Å². The van der Waals surface area contributed by atoms with Crippen LogP contribution >= 0.6 is 11.3 Å². The Morgan fingerprint density at radius 1 is 1.10 bits per heavy atom. The minimum atomic E-state index is -0.193. The van der Waals surface area contributed by atoms with Gasteiger partial charge in [-0.2, -0.15) is 11.3 Å². The number of hydrogen-bond acceptors (Lipinski definition) is 3. The van der Waals surface area contributed by atoms with Crippen molar-refractivity contribution < 1.29 is 4.79 Å². The fourth-order valence-electron chi connectivity index (χ4n) is 2.07. The lowest BCUT2D eigenvalue weighted by Gasteiger charge is -2.07. The average Bonchev–Trinajstić information content (AvgIpc) is 3.02. The van der Waals surface area contributed by atoms with Crippen LogP contribution < -0.4 is 5.32 Å². The van der Waals surface area contributed by atoms with E-state index in [1.54, 1.807) is 17.4 Å². The first kappa shape index (κ1) is 13.5. The van der Waals surface area contributed by atoms with Crippen LogP contribution in [-0.4, -0.2) is 10.9 Å². The summed E-state index contributed by atoms with van der Waals surface area (Å²) in [7, 11) is 0. The van der Waals surface area contributed by atoms with Crippen molar-refractivity contribution in [3.63, 3.8) is 0 Å². The number of rotatable bonds is 3. The fraction of sp³-hybridized carbons (Fsp3) is 0.0588. The molecule has 0 aliphatic carbocycles. The Labute approximate surface area is 127 Å². The number of pyridine rings is 1. The molecule has 1 aromatic carbocycles. The Morgan fingerprint density at radius 3 is 2.71 bits per heavy atom. The van der Waals surface area contributed by atoms with Crippen molar-refractivity contribution in [2.45, 2.75) is 6.92 Å². The first-order chi connectivity index (χ1) is 10.2. The summed E-state index contributed by atoms with van der Waals surface area (Å²) in [6, 6.07) is 15.3.